The molecule has 3 N–H and O–H groups in total. The minimum Gasteiger partial charge on any atom is -0.465 e. The number of ether oxygens (including phenoxy) is 1. The lowest BCUT2D eigenvalue weighted by atomic mass is 9.52. The molecule has 0 amide bonds. The van der Waals surface area contributed by atoms with E-state index in [2.05, 4.69) is 15.3 Å². The maximum absolute atomic E-state index is 12.2. The number of aromatic nitrogens is 2. The average Bonchev–Trinajstić information content (AvgIpc) is 3.04. The van der Waals surface area contributed by atoms with Gasteiger partial charge in [0.1, 0.15) is 11.2 Å². The lowest BCUT2D eigenvalue weighted by molar-refractivity contribution is -0.129. The Labute approximate surface area is 146 Å². The van der Waals surface area contributed by atoms with E-state index in [0.29, 0.717) is 29.4 Å². The van der Waals surface area contributed by atoms with Gasteiger partial charge in [-0.15, -0.1) is 0 Å². The van der Waals surface area contributed by atoms with Gasteiger partial charge in [-0.05, 0) is 55.9 Å². The molecule has 6 rings (SSSR count). The molecule has 0 radical (unpaired) electrons. The van der Waals surface area contributed by atoms with E-state index >= 15 is 0 Å². The summed E-state index contributed by atoms with van der Waals surface area (Å²) in [6, 6.07) is 2.24. The molecule has 2 aromatic heterocycles. The second kappa shape index (κ2) is 5.21. The number of esters is 1. The number of methoxy groups -OCH3 is 1. The van der Waals surface area contributed by atoms with Gasteiger partial charge < -0.3 is 20.1 Å². The number of aromatic amines is 1. The topological polar surface area (TPSA) is 87.2 Å². The fraction of sp³-hybridized carbons (Fsp3) is 0.579. The number of carbonyl (C=O) groups excluding carboxylic acids is 1. The number of rotatable bonds is 3. The van der Waals surface area contributed by atoms with Gasteiger partial charge in [0.15, 0.2) is 0 Å². The van der Waals surface area contributed by atoms with Crippen LogP contribution in [0.25, 0.3) is 11.0 Å². The highest BCUT2D eigenvalue weighted by Crippen LogP contribution is 2.56. The minimum absolute atomic E-state index is 0.292. The molecule has 6 heteroatoms. The van der Waals surface area contributed by atoms with Crippen molar-refractivity contribution in [2.45, 2.75) is 43.7 Å². The van der Waals surface area contributed by atoms with E-state index in [-0.39, 0.29) is 5.97 Å². The van der Waals surface area contributed by atoms with Crippen LogP contribution in [0.3, 0.4) is 0 Å². The molecule has 4 saturated carbocycles. The van der Waals surface area contributed by atoms with Gasteiger partial charge in [-0.2, -0.15) is 0 Å². The number of anilines is 1. The number of aliphatic hydroxyl groups is 1. The summed E-state index contributed by atoms with van der Waals surface area (Å²) in [5.41, 5.74) is 1.59. The van der Waals surface area contributed by atoms with Crippen LogP contribution < -0.4 is 5.32 Å². The first-order chi connectivity index (χ1) is 12.1. The van der Waals surface area contributed by atoms with E-state index in [1.54, 1.807) is 6.20 Å². The molecule has 0 aliphatic heterocycles. The summed E-state index contributed by atoms with van der Waals surface area (Å²) in [5, 5.41) is 15.4. The predicted octanol–water partition coefficient (Wildman–Crippen LogP) is 2.70. The van der Waals surface area contributed by atoms with Crippen LogP contribution in [-0.4, -0.2) is 39.8 Å². The van der Waals surface area contributed by atoms with Crippen molar-refractivity contribution in [2.75, 3.05) is 12.4 Å². The first-order valence-corrected chi connectivity index (χ1v) is 9.10. The van der Waals surface area contributed by atoms with E-state index in [4.69, 9.17) is 4.74 Å². The van der Waals surface area contributed by atoms with Gasteiger partial charge in [-0.1, -0.05) is 0 Å². The van der Waals surface area contributed by atoms with Gasteiger partial charge in [0.2, 0.25) is 0 Å². The molecule has 6 nitrogen and oxygen atoms in total. The zero-order valence-electron chi connectivity index (χ0n) is 14.3. The molecule has 0 spiro atoms. The second-order valence-electron chi connectivity index (χ2n) is 8.14. The summed E-state index contributed by atoms with van der Waals surface area (Å²) in [6.45, 7) is 0. The fourth-order valence-electron chi connectivity index (χ4n) is 5.81. The van der Waals surface area contributed by atoms with E-state index in [1.807, 2.05) is 12.3 Å². The monoisotopic (exact) mass is 341 g/mol. The highest BCUT2D eigenvalue weighted by atomic mass is 16.5. The van der Waals surface area contributed by atoms with Crippen LogP contribution in [0.5, 0.6) is 0 Å². The van der Waals surface area contributed by atoms with Crippen molar-refractivity contribution in [3.05, 3.63) is 24.0 Å². The summed E-state index contributed by atoms with van der Waals surface area (Å²) in [5.74, 6) is 1.21. The van der Waals surface area contributed by atoms with Crippen molar-refractivity contribution >= 4 is 22.7 Å². The third-order valence-electron chi connectivity index (χ3n) is 6.54. The van der Waals surface area contributed by atoms with Gasteiger partial charge in [0.25, 0.3) is 0 Å². The standard InChI is InChI=1S/C19H23N3O3/c1-25-18(23)14-9-21-17-13(2-3-20-17)16(14)22-15-11-4-10-5-12(15)8-19(24,6-10)7-11/h2-3,9-12,15,24H,4-8H2,1H3,(H2,20,21,22)/t10-,11-,12+,15-,19+. The Hall–Kier alpha value is -2.08. The zero-order chi connectivity index (χ0) is 17.2. The molecular formula is C19H23N3O3. The number of pyridine rings is 1. The molecule has 25 heavy (non-hydrogen) atoms. The maximum atomic E-state index is 12.2. The summed E-state index contributed by atoms with van der Waals surface area (Å²) in [7, 11) is 1.39. The van der Waals surface area contributed by atoms with Crippen molar-refractivity contribution in [3.8, 4) is 0 Å². The molecule has 2 heterocycles. The van der Waals surface area contributed by atoms with Crippen LogP contribution in [-0.2, 0) is 4.74 Å². The largest absolute Gasteiger partial charge is 0.465 e. The highest BCUT2D eigenvalue weighted by molar-refractivity contribution is 6.04. The van der Waals surface area contributed by atoms with Crippen LogP contribution in [0.15, 0.2) is 18.5 Å². The quantitative estimate of drug-likeness (QED) is 0.747. The lowest BCUT2D eigenvalue weighted by Gasteiger charge is -2.58. The van der Waals surface area contributed by atoms with Gasteiger partial charge in [0.05, 0.1) is 18.4 Å². The van der Waals surface area contributed by atoms with E-state index < -0.39 is 5.60 Å². The lowest BCUT2D eigenvalue weighted by Crippen LogP contribution is -2.59. The molecule has 2 aromatic rings. The fourth-order valence-corrected chi connectivity index (χ4v) is 5.81. The Balaban J connectivity index is 1.54. The number of carbonyl (C=O) groups is 1. The predicted molar refractivity (Wildman–Crippen MR) is 93.3 cm³/mol. The van der Waals surface area contributed by atoms with Crippen LogP contribution in [0.4, 0.5) is 5.69 Å². The number of hydrogen-bond donors (Lipinski definition) is 3. The van der Waals surface area contributed by atoms with Gasteiger partial charge in [-0.25, -0.2) is 9.78 Å². The number of nitrogens with zero attached hydrogens (tertiary/aromatic N) is 1. The molecule has 4 fully saturated rings. The Morgan fingerprint density at radius 2 is 2.12 bits per heavy atom. The molecule has 4 aliphatic carbocycles. The van der Waals surface area contributed by atoms with Crippen molar-refractivity contribution in [1.29, 1.82) is 0 Å². The Bertz CT molecular complexity index is 830. The Morgan fingerprint density at radius 3 is 2.80 bits per heavy atom. The highest BCUT2D eigenvalue weighted by Gasteiger charge is 2.54. The smallest absolute Gasteiger partial charge is 0.341 e. The van der Waals surface area contributed by atoms with Crippen molar-refractivity contribution < 1.29 is 14.6 Å². The summed E-state index contributed by atoms with van der Waals surface area (Å²) in [4.78, 5) is 19.7. The Morgan fingerprint density at radius 1 is 1.36 bits per heavy atom. The normalized spacial score (nSPS) is 35.9. The summed E-state index contributed by atoms with van der Waals surface area (Å²) >= 11 is 0. The SMILES string of the molecule is COC(=O)c1cnc2[nH]ccc2c1N[C@@H]1[C@@H]2C[C@@H]3C[C@H]1C[C@](O)(C3)C2. The summed E-state index contributed by atoms with van der Waals surface area (Å²) < 4.78 is 4.96. The molecule has 0 unspecified atom stereocenters. The first kappa shape index (κ1) is 15.2. The molecule has 4 bridgehead atoms. The van der Waals surface area contributed by atoms with E-state index in [9.17, 15) is 9.90 Å². The van der Waals surface area contributed by atoms with Crippen molar-refractivity contribution in [1.82, 2.24) is 9.97 Å². The third kappa shape index (κ3) is 2.27. The number of nitrogens with one attached hydrogen (secondary N) is 2. The number of hydrogen-bond acceptors (Lipinski definition) is 5. The molecule has 132 valence electrons. The van der Waals surface area contributed by atoms with E-state index in [0.717, 1.165) is 36.0 Å². The number of H-pyrrole nitrogens is 1. The average molecular weight is 341 g/mol. The minimum atomic E-state index is -0.457. The molecule has 0 aromatic carbocycles. The zero-order valence-corrected chi connectivity index (χ0v) is 14.3. The molecule has 0 saturated heterocycles. The van der Waals surface area contributed by atoms with Crippen LogP contribution in [0.2, 0.25) is 0 Å². The summed E-state index contributed by atoms with van der Waals surface area (Å²) in [6.07, 6.45) is 8.47. The van der Waals surface area contributed by atoms with Gasteiger partial charge in [0, 0.05) is 23.8 Å². The maximum Gasteiger partial charge on any atom is 0.341 e. The molecular weight excluding hydrogens is 318 g/mol. The number of fused-ring (bicyclic) bond motifs is 1. The van der Waals surface area contributed by atoms with Crippen LogP contribution in [0, 0.1) is 17.8 Å². The third-order valence-corrected chi connectivity index (χ3v) is 6.54. The van der Waals surface area contributed by atoms with Crippen LogP contribution in [0.1, 0.15) is 42.5 Å². The van der Waals surface area contributed by atoms with Crippen LogP contribution >= 0.6 is 0 Å². The Kier molecular flexibility index (Phi) is 3.17. The van der Waals surface area contributed by atoms with Crippen molar-refractivity contribution in [3.63, 3.8) is 0 Å². The van der Waals surface area contributed by atoms with Crippen molar-refractivity contribution in [2.24, 2.45) is 17.8 Å². The molecule has 5 atom stereocenters. The van der Waals surface area contributed by atoms with Gasteiger partial charge in [-0.3, -0.25) is 0 Å². The molecule has 4 aliphatic rings. The van der Waals surface area contributed by atoms with E-state index in [1.165, 1.54) is 20.0 Å². The van der Waals surface area contributed by atoms with Gasteiger partial charge >= 0.3 is 5.97 Å². The second-order valence-corrected chi connectivity index (χ2v) is 8.14. The first-order valence-electron chi connectivity index (χ1n) is 9.10.